The number of nitrogens with two attached hydrogens (primary N) is 1. The molecule has 0 amide bonds. The Balaban J connectivity index is 1.20. The molecule has 1 aliphatic heterocycles. The van der Waals surface area contributed by atoms with Crippen molar-refractivity contribution in [3.05, 3.63) is 77.4 Å². The SMILES string of the molecule is CC(Oc1ccc(-c2cccc(N)n2)c2c1CCC2)N1CCN(CCc2ccccc2)CC1. The second-order valence-electron chi connectivity index (χ2n) is 9.20. The van der Waals surface area contributed by atoms with Crippen molar-refractivity contribution in [2.24, 2.45) is 0 Å². The first kappa shape index (κ1) is 21.9. The van der Waals surface area contributed by atoms with E-state index in [4.69, 9.17) is 10.5 Å². The van der Waals surface area contributed by atoms with Crippen molar-refractivity contribution in [1.29, 1.82) is 0 Å². The summed E-state index contributed by atoms with van der Waals surface area (Å²) in [5, 5.41) is 0. The summed E-state index contributed by atoms with van der Waals surface area (Å²) in [7, 11) is 0. The van der Waals surface area contributed by atoms with Crippen LogP contribution < -0.4 is 10.5 Å². The zero-order valence-corrected chi connectivity index (χ0v) is 19.5. The average molecular weight is 443 g/mol. The fourth-order valence-corrected chi connectivity index (χ4v) is 5.17. The average Bonchev–Trinajstić information content (AvgIpc) is 3.34. The van der Waals surface area contributed by atoms with Gasteiger partial charge in [-0.3, -0.25) is 4.90 Å². The maximum atomic E-state index is 6.54. The molecule has 0 bridgehead atoms. The molecule has 1 aromatic heterocycles. The fourth-order valence-electron chi connectivity index (χ4n) is 5.17. The number of fused-ring (bicyclic) bond motifs is 1. The maximum Gasteiger partial charge on any atom is 0.149 e. The van der Waals surface area contributed by atoms with Gasteiger partial charge in [0.1, 0.15) is 17.8 Å². The molecule has 5 heteroatoms. The summed E-state index contributed by atoms with van der Waals surface area (Å²) in [6.07, 6.45) is 4.50. The Morgan fingerprint density at radius 1 is 0.909 bits per heavy atom. The molecule has 2 heterocycles. The summed E-state index contributed by atoms with van der Waals surface area (Å²) < 4.78 is 6.54. The van der Waals surface area contributed by atoms with Crippen LogP contribution in [-0.4, -0.2) is 53.7 Å². The molecule has 172 valence electrons. The Hall–Kier alpha value is -2.89. The van der Waals surface area contributed by atoms with Gasteiger partial charge in [-0.05, 0) is 73.6 Å². The first-order valence-electron chi connectivity index (χ1n) is 12.2. The van der Waals surface area contributed by atoms with Gasteiger partial charge >= 0.3 is 0 Å². The van der Waals surface area contributed by atoms with Crippen LogP contribution in [0.25, 0.3) is 11.3 Å². The summed E-state index contributed by atoms with van der Waals surface area (Å²) in [6, 6.07) is 20.9. The molecule has 33 heavy (non-hydrogen) atoms. The van der Waals surface area contributed by atoms with Crippen molar-refractivity contribution in [1.82, 2.24) is 14.8 Å². The Kier molecular flexibility index (Phi) is 6.60. The lowest BCUT2D eigenvalue weighted by molar-refractivity contribution is 0.00355. The van der Waals surface area contributed by atoms with Crippen molar-refractivity contribution in [2.75, 3.05) is 38.5 Å². The van der Waals surface area contributed by atoms with Gasteiger partial charge < -0.3 is 15.4 Å². The quantitative estimate of drug-likeness (QED) is 0.588. The molecule has 2 aliphatic rings. The van der Waals surface area contributed by atoms with Crippen LogP contribution in [-0.2, 0) is 19.3 Å². The van der Waals surface area contributed by atoms with E-state index in [-0.39, 0.29) is 6.23 Å². The highest BCUT2D eigenvalue weighted by Crippen LogP contribution is 2.38. The summed E-state index contributed by atoms with van der Waals surface area (Å²) in [5.41, 5.74) is 12.2. The number of nitrogens with zero attached hydrogens (tertiary/aromatic N) is 3. The van der Waals surface area contributed by atoms with E-state index < -0.39 is 0 Å². The number of ether oxygens (including phenoxy) is 1. The Bertz CT molecular complexity index is 1080. The largest absolute Gasteiger partial charge is 0.475 e. The smallest absolute Gasteiger partial charge is 0.149 e. The summed E-state index contributed by atoms with van der Waals surface area (Å²) in [5.74, 6) is 1.60. The standard InChI is InChI=1S/C28H34N4O/c1-21(32-19-17-31(18-20-32)16-15-22-7-3-2-4-8-22)33-27-14-13-24(23-9-5-10-25(23)27)26-11-6-12-28(29)30-26/h2-4,6-8,11-14,21H,5,9-10,15-20H2,1H3,(H2,29,30). The maximum absolute atomic E-state index is 6.54. The monoisotopic (exact) mass is 442 g/mol. The van der Waals surface area contributed by atoms with E-state index in [1.54, 1.807) is 0 Å². The number of hydrogen-bond donors (Lipinski definition) is 1. The number of nitrogen functional groups attached to an aromatic ring is 1. The van der Waals surface area contributed by atoms with E-state index >= 15 is 0 Å². The Morgan fingerprint density at radius 2 is 1.70 bits per heavy atom. The number of hydrogen-bond acceptors (Lipinski definition) is 5. The zero-order valence-electron chi connectivity index (χ0n) is 19.5. The van der Waals surface area contributed by atoms with Crippen molar-refractivity contribution in [2.45, 2.75) is 38.8 Å². The molecular weight excluding hydrogens is 408 g/mol. The third kappa shape index (κ3) is 5.05. The number of benzene rings is 2. The van der Waals surface area contributed by atoms with Crippen LogP contribution in [0.4, 0.5) is 5.82 Å². The van der Waals surface area contributed by atoms with Gasteiger partial charge in [-0.25, -0.2) is 4.98 Å². The van der Waals surface area contributed by atoms with Crippen LogP contribution in [0.1, 0.15) is 30.0 Å². The molecule has 2 N–H and O–H groups in total. The zero-order chi connectivity index (χ0) is 22.6. The second-order valence-corrected chi connectivity index (χ2v) is 9.20. The van der Waals surface area contributed by atoms with Crippen LogP contribution in [0.3, 0.4) is 0 Å². The van der Waals surface area contributed by atoms with Crippen LogP contribution in [0, 0.1) is 0 Å². The van der Waals surface area contributed by atoms with Crippen LogP contribution in [0.5, 0.6) is 5.75 Å². The normalized spacial score (nSPS) is 17.6. The lowest BCUT2D eigenvalue weighted by Crippen LogP contribution is -2.51. The van der Waals surface area contributed by atoms with Gasteiger partial charge in [0.05, 0.1) is 5.69 Å². The van der Waals surface area contributed by atoms with Crippen molar-refractivity contribution >= 4 is 5.82 Å². The third-order valence-electron chi connectivity index (χ3n) is 7.07. The number of aromatic nitrogens is 1. The summed E-state index contributed by atoms with van der Waals surface area (Å²) in [4.78, 5) is 9.59. The van der Waals surface area contributed by atoms with E-state index in [0.717, 1.165) is 63.4 Å². The minimum atomic E-state index is 0.0716. The van der Waals surface area contributed by atoms with Crippen LogP contribution in [0.2, 0.25) is 0 Å². The van der Waals surface area contributed by atoms with E-state index in [0.29, 0.717) is 5.82 Å². The highest BCUT2D eigenvalue weighted by atomic mass is 16.5. The predicted molar refractivity (Wildman–Crippen MR) is 134 cm³/mol. The molecule has 1 aliphatic carbocycles. The molecule has 1 atom stereocenters. The predicted octanol–water partition coefficient (Wildman–Crippen LogP) is 4.40. The molecule has 1 saturated heterocycles. The first-order valence-corrected chi connectivity index (χ1v) is 12.2. The second kappa shape index (κ2) is 9.94. The fraction of sp³-hybridized carbons (Fsp3) is 0.393. The van der Waals surface area contributed by atoms with Crippen LogP contribution >= 0.6 is 0 Å². The highest BCUT2D eigenvalue weighted by molar-refractivity contribution is 5.69. The number of pyridine rings is 1. The van der Waals surface area contributed by atoms with Crippen LogP contribution in [0.15, 0.2) is 60.7 Å². The van der Waals surface area contributed by atoms with E-state index in [1.807, 2.05) is 18.2 Å². The van der Waals surface area contributed by atoms with E-state index in [1.165, 1.54) is 28.7 Å². The van der Waals surface area contributed by atoms with Gasteiger partial charge in [-0.2, -0.15) is 0 Å². The van der Waals surface area contributed by atoms with Gasteiger partial charge in [-0.15, -0.1) is 0 Å². The molecular formula is C28H34N4O. The molecule has 1 unspecified atom stereocenters. The van der Waals surface area contributed by atoms with Gasteiger partial charge in [0.2, 0.25) is 0 Å². The molecule has 3 aromatic rings. The Morgan fingerprint density at radius 3 is 2.48 bits per heavy atom. The van der Waals surface area contributed by atoms with Gasteiger partial charge in [0.25, 0.3) is 0 Å². The summed E-state index contributed by atoms with van der Waals surface area (Å²) >= 11 is 0. The molecule has 0 spiro atoms. The van der Waals surface area contributed by atoms with Crippen molar-refractivity contribution in [3.8, 4) is 17.0 Å². The third-order valence-corrected chi connectivity index (χ3v) is 7.07. The first-order chi connectivity index (χ1) is 16.2. The molecule has 5 nitrogen and oxygen atoms in total. The number of anilines is 1. The van der Waals surface area contributed by atoms with Crippen molar-refractivity contribution in [3.63, 3.8) is 0 Å². The molecule has 2 aromatic carbocycles. The molecule has 1 fully saturated rings. The molecule has 5 rings (SSSR count). The topological polar surface area (TPSA) is 54.6 Å². The minimum Gasteiger partial charge on any atom is -0.475 e. The molecule has 0 radical (unpaired) electrons. The van der Waals surface area contributed by atoms with E-state index in [2.05, 4.69) is 64.2 Å². The van der Waals surface area contributed by atoms with Gasteiger partial charge in [0.15, 0.2) is 0 Å². The van der Waals surface area contributed by atoms with E-state index in [9.17, 15) is 0 Å². The van der Waals surface area contributed by atoms with Gasteiger partial charge in [0, 0.05) is 38.3 Å². The highest BCUT2D eigenvalue weighted by Gasteiger charge is 2.25. The lowest BCUT2D eigenvalue weighted by atomic mass is 9.99. The van der Waals surface area contributed by atoms with Crippen molar-refractivity contribution < 1.29 is 4.74 Å². The van der Waals surface area contributed by atoms with Gasteiger partial charge in [-0.1, -0.05) is 36.4 Å². The Labute approximate surface area is 197 Å². The number of piperazine rings is 1. The molecule has 0 saturated carbocycles. The summed E-state index contributed by atoms with van der Waals surface area (Å²) in [6.45, 7) is 7.60. The number of rotatable bonds is 7. The minimum absolute atomic E-state index is 0.0716. The lowest BCUT2D eigenvalue weighted by Gasteiger charge is -2.38.